The van der Waals surface area contributed by atoms with Crippen LogP contribution in [0.4, 0.5) is 0 Å². The lowest BCUT2D eigenvalue weighted by molar-refractivity contribution is -0.139. The van der Waals surface area contributed by atoms with Crippen LogP contribution in [0.1, 0.15) is 36.6 Å². The van der Waals surface area contributed by atoms with E-state index < -0.39 is 12.0 Å². The Hall–Kier alpha value is -4.20. The quantitative estimate of drug-likeness (QED) is 0.256. The number of aromatic nitrogens is 2. The predicted octanol–water partition coefficient (Wildman–Crippen LogP) is 5.45. The third kappa shape index (κ3) is 4.72. The minimum Gasteiger partial charge on any atom is -0.463 e. The van der Waals surface area contributed by atoms with Gasteiger partial charge in [-0.1, -0.05) is 83.6 Å². The standard InChI is InChI=1S/C32H26ClN3O3S/c1-3-39-31(38)28-20(2)34-32-36(29(28)22-9-5-4-6-10-22)30(37)27(40-32)17-23-19-35(26-12-8-7-11-25(23)26)18-21-13-15-24(33)16-14-21/h4-17,19,29H,3,18H2,1-2H3/b27-17-/t29-/m1/s1. The average molecular weight is 568 g/mol. The van der Waals surface area contributed by atoms with Crippen LogP contribution < -0.4 is 14.9 Å². The number of nitrogens with zero attached hydrogens (tertiary/aromatic N) is 3. The molecule has 0 unspecified atom stereocenters. The molecule has 40 heavy (non-hydrogen) atoms. The van der Waals surface area contributed by atoms with E-state index in [1.54, 1.807) is 18.4 Å². The number of rotatable bonds is 6. The first kappa shape index (κ1) is 26.0. The maximum absolute atomic E-state index is 14.0. The van der Waals surface area contributed by atoms with Gasteiger partial charge in [0.2, 0.25) is 0 Å². The van der Waals surface area contributed by atoms with E-state index in [0.717, 1.165) is 27.6 Å². The van der Waals surface area contributed by atoms with E-state index >= 15 is 0 Å². The van der Waals surface area contributed by atoms with Crippen LogP contribution in [0.5, 0.6) is 0 Å². The highest BCUT2D eigenvalue weighted by Gasteiger charge is 2.33. The van der Waals surface area contributed by atoms with E-state index in [9.17, 15) is 9.59 Å². The molecule has 0 bridgehead atoms. The van der Waals surface area contributed by atoms with Gasteiger partial charge in [0.05, 0.1) is 28.5 Å². The summed E-state index contributed by atoms with van der Waals surface area (Å²) >= 11 is 7.41. The second-order valence-corrected chi connectivity index (χ2v) is 11.0. The third-order valence-corrected chi connectivity index (χ3v) is 8.24. The van der Waals surface area contributed by atoms with Gasteiger partial charge < -0.3 is 9.30 Å². The number of allylic oxidation sites excluding steroid dienone is 1. The Bertz CT molecular complexity index is 1950. The van der Waals surface area contributed by atoms with E-state index in [0.29, 0.717) is 32.2 Å². The summed E-state index contributed by atoms with van der Waals surface area (Å²) in [6, 6.07) is 24.9. The molecule has 0 fully saturated rings. The molecule has 0 aliphatic carbocycles. The maximum Gasteiger partial charge on any atom is 0.338 e. The largest absolute Gasteiger partial charge is 0.463 e. The van der Waals surface area contributed by atoms with Crippen molar-refractivity contribution >= 4 is 45.9 Å². The predicted molar refractivity (Wildman–Crippen MR) is 159 cm³/mol. The average Bonchev–Trinajstić information content (AvgIpc) is 3.46. The summed E-state index contributed by atoms with van der Waals surface area (Å²) in [7, 11) is 0. The van der Waals surface area contributed by atoms with E-state index in [1.165, 1.54) is 11.3 Å². The summed E-state index contributed by atoms with van der Waals surface area (Å²) in [6.07, 6.45) is 4.00. The highest BCUT2D eigenvalue weighted by atomic mass is 35.5. The molecule has 0 amide bonds. The first-order valence-electron chi connectivity index (χ1n) is 13.0. The van der Waals surface area contributed by atoms with Gasteiger partial charge in [-0.3, -0.25) is 9.36 Å². The van der Waals surface area contributed by atoms with Gasteiger partial charge in [-0.2, -0.15) is 0 Å². The number of carbonyl (C=O) groups is 1. The fourth-order valence-corrected chi connectivity index (χ4v) is 6.35. The Balaban J connectivity index is 1.50. The molecule has 200 valence electrons. The van der Waals surface area contributed by atoms with Gasteiger partial charge in [-0.25, -0.2) is 9.79 Å². The lowest BCUT2D eigenvalue weighted by Crippen LogP contribution is -2.39. The molecule has 0 N–H and O–H groups in total. The van der Waals surface area contributed by atoms with Crippen LogP contribution in [0, 0.1) is 0 Å². The Labute approximate surface area is 239 Å². The molecule has 0 radical (unpaired) electrons. The van der Waals surface area contributed by atoms with Gasteiger partial charge >= 0.3 is 5.97 Å². The van der Waals surface area contributed by atoms with Gasteiger partial charge in [-0.15, -0.1) is 0 Å². The lowest BCUT2D eigenvalue weighted by atomic mass is 9.96. The second kappa shape index (κ2) is 10.8. The highest BCUT2D eigenvalue weighted by Crippen LogP contribution is 2.30. The van der Waals surface area contributed by atoms with Crippen molar-refractivity contribution in [2.75, 3.05) is 6.61 Å². The highest BCUT2D eigenvalue weighted by molar-refractivity contribution is 7.07. The van der Waals surface area contributed by atoms with E-state index in [1.807, 2.05) is 72.8 Å². The molecule has 1 aliphatic heterocycles. The Morgan fingerprint density at radius 2 is 1.77 bits per heavy atom. The van der Waals surface area contributed by atoms with Crippen LogP contribution in [0.25, 0.3) is 17.0 Å². The number of halogens is 1. The van der Waals surface area contributed by atoms with E-state index in [2.05, 4.69) is 27.9 Å². The molecular weight excluding hydrogens is 542 g/mol. The number of fused-ring (bicyclic) bond motifs is 2. The fraction of sp³-hybridized carbons (Fsp3) is 0.156. The van der Waals surface area contributed by atoms with Crippen LogP contribution in [0.15, 0.2) is 106 Å². The molecule has 0 saturated heterocycles. The van der Waals surface area contributed by atoms with Crippen molar-refractivity contribution in [2.24, 2.45) is 4.99 Å². The Kier molecular flexibility index (Phi) is 7.00. The van der Waals surface area contributed by atoms with Crippen molar-refractivity contribution in [3.8, 4) is 0 Å². The lowest BCUT2D eigenvalue weighted by Gasteiger charge is -2.24. The number of hydrogen-bond acceptors (Lipinski definition) is 5. The Morgan fingerprint density at radius 1 is 1.05 bits per heavy atom. The zero-order chi connectivity index (χ0) is 27.8. The van der Waals surface area contributed by atoms with E-state index in [4.69, 9.17) is 16.3 Å². The van der Waals surface area contributed by atoms with Gasteiger partial charge in [-0.05, 0) is 49.2 Å². The number of para-hydroxylation sites is 1. The number of carbonyl (C=O) groups excluding carboxylic acids is 1. The SMILES string of the molecule is CCOC(=O)C1=C(C)N=c2s/c(=C\c3cn(Cc4ccc(Cl)cc4)c4ccccc34)c(=O)n2[C@@H]1c1ccccc1. The van der Waals surface area contributed by atoms with Crippen molar-refractivity contribution in [3.63, 3.8) is 0 Å². The summed E-state index contributed by atoms with van der Waals surface area (Å²) < 4.78 is 9.73. The van der Waals surface area contributed by atoms with Gasteiger partial charge in [0.1, 0.15) is 0 Å². The number of esters is 1. The number of benzene rings is 3. The zero-order valence-corrected chi connectivity index (χ0v) is 23.6. The number of thiazole rings is 1. The molecule has 0 spiro atoms. The number of ether oxygens (including phenoxy) is 1. The van der Waals surface area contributed by atoms with Gasteiger partial charge in [0.15, 0.2) is 4.80 Å². The normalized spacial score (nSPS) is 15.3. The summed E-state index contributed by atoms with van der Waals surface area (Å²) in [5.74, 6) is -0.461. The molecule has 1 aliphatic rings. The van der Waals surface area contributed by atoms with Crippen LogP contribution in [-0.2, 0) is 16.1 Å². The van der Waals surface area contributed by atoms with E-state index in [-0.39, 0.29) is 12.2 Å². The molecule has 3 heterocycles. The first-order valence-corrected chi connectivity index (χ1v) is 14.2. The van der Waals surface area contributed by atoms with Crippen LogP contribution in [0.2, 0.25) is 5.02 Å². The van der Waals surface area contributed by atoms with Crippen LogP contribution in [-0.4, -0.2) is 21.7 Å². The monoisotopic (exact) mass is 567 g/mol. The van der Waals surface area contributed by atoms with Crippen molar-refractivity contribution < 1.29 is 9.53 Å². The third-order valence-electron chi connectivity index (χ3n) is 7.00. The van der Waals surface area contributed by atoms with Crippen LogP contribution >= 0.6 is 22.9 Å². The maximum atomic E-state index is 14.0. The summed E-state index contributed by atoms with van der Waals surface area (Å²) in [5.41, 5.74) is 4.70. The molecule has 0 saturated carbocycles. The molecule has 6 nitrogen and oxygen atoms in total. The first-order chi connectivity index (χ1) is 19.4. The molecule has 1 atom stereocenters. The molecule has 8 heteroatoms. The summed E-state index contributed by atoms with van der Waals surface area (Å²) in [6.45, 7) is 4.47. The van der Waals surface area contributed by atoms with Gasteiger partial charge in [0.25, 0.3) is 5.56 Å². The second-order valence-electron chi connectivity index (χ2n) is 9.57. The minimum atomic E-state index is -0.620. The number of hydrogen-bond donors (Lipinski definition) is 0. The van der Waals surface area contributed by atoms with Crippen LogP contribution in [0.3, 0.4) is 0 Å². The topological polar surface area (TPSA) is 65.6 Å². The molecule has 5 aromatic rings. The van der Waals surface area contributed by atoms with Crippen molar-refractivity contribution in [1.82, 2.24) is 9.13 Å². The van der Waals surface area contributed by atoms with Crippen molar-refractivity contribution in [2.45, 2.75) is 26.4 Å². The summed E-state index contributed by atoms with van der Waals surface area (Å²) in [4.78, 5) is 32.3. The molecule has 6 rings (SSSR count). The fourth-order valence-electron chi connectivity index (χ4n) is 5.19. The minimum absolute atomic E-state index is 0.193. The Morgan fingerprint density at radius 3 is 2.52 bits per heavy atom. The molecule has 2 aromatic heterocycles. The van der Waals surface area contributed by atoms with Gasteiger partial charge in [0, 0.05) is 34.2 Å². The molecular formula is C32H26ClN3O3S. The molecule has 3 aromatic carbocycles. The van der Waals surface area contributed by atoms with Crippen molar-refractivity contribution in [1.29, 1.82) is 0 Å². The summed E-state index contributed by atoms with van der Waals surface area (Å²) in [5, 5.41) is 1.75. The zero-order valence-electron chi connectivity index (χ0n) is 22.0. The smallest absolute Gasteiger partial charge is 0.338 e. The van der Waals surface area contributed by atoms with Crippen molar-refractivity contribution in [3.05, 3.63) is 138 Å².